The number of rotatable bonds is 6. The molecule has 3 aromatic rings. The number of piperazine rings is 1. The molecular weight excluding hydrogens is 448 g/mol. The van der Waals surface area contributed by atoms with Gasteiger partial charge in [-0.15, -0.1) is 0 Å². The Balaban J connectivity index is 1.36. The average molecular weight is 472 g/mol. The van der Waals surface area contributed by atoms with Gasteiger partial charge in [-0.3, -0.25) is 19.3 Å². The number of hydrogen-bond donors (Lipinski definition) is 1. The van der Waals surface area contributed by atoms with Gasteiger partial charge in [0.2, 0.25) is 5.91 Å². The van der Waals surface area contributed by atoms with E-state index >= 15 is 0 Å². The van der Waals surface area contributed by atoms with Crippen molar-refractivity contribution < 1.29 is 18.4 Å². The van der Waals surface area contributed by atoms with E-state index in [1.54, 1.807) is 33.7 Å². The van der Waals surface area contributed by atoms with E-state index in [-0.39, 0.29) is 23.9 Å². The van der Waals surface area contributed by atoms with Gasteiger partial charge >= 0.3 is 0 Å². The Morgan fingerprint density at radius 1 is 1.06 bits per heavy atom. The highest BCUT2D eigenvalue weighted by Gasteiger charge is 2.23. The first-order valence-electron chi connectivity index (χ1n) is 10.6. The first-order chi connectivity index (χ1) is 15.8. The summed E-state index contributed by atoms with van der Waals surface area (Å²) < 4.78 is 29.8. The number of carbonyl (C=O) groups is 2. The van der Waals surface area contributed by atoms with Crippen molar-refractivity contribution in [3.8, 4) is 11.4 Å². The van der Waals surface area contributed by atoms with E-state index < -0.39 is 5.82 Å². The van der Waals surface area contributed by atoms with E-state index in [9.17, 15) is 18.4 Å². The molecule has 1 saturated heterocycles. The molecule has 4 rings (SSSR count). The van der Waals surface area contributed by atoms with Crippen LogP contribution in [0.1, 0.15) is 23.7 Å². The number of benzene rings is 2. The lowest BCUT2D eigenvalue weighted by Crippen LogP contribution is -2.49. The van der Waals surface area contributed by atoms with E-state index in [0.29, 0.717) is 60.1 Å². The minimum Gasteiger partial charge on any atom is -0.366 e. The van der Waals surface area contributed by atoms with Crippen LogP contribution in [0.4, 0.5) is 14.5 Å². The summed E-state index contributed by atoms with van der Waals surface area (Å²) in [5, 5.41) is 6.94. The Kier molecular flexibility index (Phi) is 6.64. The Morgan fingerprint density at radius 3 is 2.39 bits per heavy atom. The standard InChI is InChI=1S/C23H23F2N5O2S/c1-15(31)17-4-7-20(19(25)14-17)28-10-12-29(13-11-28)21(32)8-9-30-22(26-27-23(30)33)16-2-5-18(24)6-3-16/h2-7,14H,8-13H2,1H3,(H,27,33). The molecule has 1 aliphatic heterocycles. The van der Waals surface area contributed by atoms with Crippen molar-refractivity contribution in [1.29, 1.82) is 0 Å². The molecule has 0 spiro atoms. The maximum atomic E-state index is 14.4. The third-order valence-electron chi connectivity index (χ3n) is 5.74. The van der Waals surface area contributed by atoms with Crippen LogP contribution in [-0.2, 0) is 11.3 Å². The topological polar surface area (TPSA) is 74.2 Å². The van der Waals surface area contributed by atoms with E-state index in [0.717, 1.165) is 0 Å². The molecule has 2 heterocycles. The maximum absolute atomic E-state index is 14.4. The number of H-pyrrole nitrogens is 1. The van der Waals surface area contributed by atoms with Crippen LogP contribution in [-0.4, -0.2) is 57.5 Å². The maximum Gasteiger partial charge on any atom is 0.224 e. The second-order valence-electron chi connectivity index (χ2n) is 7.85. The van der Waals surface area contributed by atoms with Gasteiger partial charge in [0.25, 0.3) is 0 Å². The highest BCUT2D eigenvalue weighted by Crippen LogP contribution is 2.23. The smallest absolute Gasteiger partial charge is 0.224 e. The molecule has 1 aromatic heterocycles. The Labute approximate surface area is 194 Å². The molecule has 172 valence electrons. The van der Waals surface area contributed by atoms with Gasteiger partial charge in [0.1, 0.15) is 11.6 Å². The van der Waals surface area contributed by atoms with Gasteiger partial charge < -0.3 is 9.80 Å². The second-order valence-corrected chi connectivity index (χ2v) is 8.24. The van der Waals surface area contributed by atoms with Gasteiger partial charge in [0, 0.05) is 50.3 Å². The molecule has 7 nitrogen and oxygen atoms in total. The molecule has 1 fully saturated rings. The van der Waals surface area contributed by atoms with Crippen LogP contribution in [0.2, 0.25) is 0 Å². The van der Waals surface area contributed by atoms with Crippen molar-refractivity contribution in [3.63, 3.8) is 0 Å². The Bertz CT molecular complexity index is 1230. The van der Waals surface area contributed by atoms with Crippen molar-refractivity contribution in [2.45, 2.75) is 19.9 Å². The predicted molar refractivity (Wildman–Crippen MR) is 123 cm³/mol. The minimum atomic E-state index is -0.440. The van der Waals surface area contributed by atoms with Crippen LogP contribution in [0.25, 0.3) is 11.4 Å². The fourth-order valence-corrected chi connectivity index (χ4v) is 4.11. The summed E-state index contributed by atoms with van der Waals surface area (Å²) in [6, 6.07) is 10.4. The third-order valence-corrected chi connectivity index (χ3v) is 6.05. The number of aromatic amines is 1. The first kappa shape index (κ1) is 22.8. The number of Topliss-reactive ketones (excluding diaryl/α,β-unsaturated/α-hetero) is 1. The number of aromatic nitrogens is 3. The van der Waals surface area contributed by atoms with E-state index in [1.807, 2.05) is 4.90 Å². The fourth-order valence-electron chi connectivity index (χ4n) is 3.89. The summed E-state index contributed by atoms with van der Waals surface area (Å²) in [6.07, 6.45) is 0.226. The molecular formula is C23H23F2N5O2S. The zero-order valence-corrected chi connectivity index (χ0v) is 18.9. The monoisotopic (exact) mass is 471 g/mol. The molecule has 1 amide bonds. The lowest BCUT2D eigenvalue weighted by atomic mass is 10.1. The Morgan fingerprint density at radius 2 is 1.76 bits per heavy atom. The zero-order valence-electron chi connectivity index (χ0n) is 18.1. The predicted octanol–water partition coefficient (Wildman–Crippen LogP) is 3.83. The van der Waals surface area contributed by atoms with Gasteiger partial charge in [0.05, 0.1) is 5.69 Å². The quantitative estimate of drug-likeness (QED) is 0.437. The molecule has 0 aliphatic carbocycles. The molecule has 0 saturated carbocycles. The highest BCUT2D eigenvalue weighted by molar-refractivity contribution is 7.71. The fraction of sp³-hybridized carbons (Fsp3) is 0.304. The molecule has 0 atom stereocenters. The number of amides is 1. The van der Waals surface area contributed by atoms with Crippen molar-refractivity contribution >= 4 is 29.6 Å². The summed E-state index contributed by atoms with van der Waals surface area (Å²) in [7, 11) is 0. The third kappa shape index (κ3) is 5.00. The summed E-state index contributed by atoms with van der Waals surface area (Å²) in [5.41, 5.74) is 1.46. The number of hydrogen-bond acceptors (Lipinski definition) is 5. The number of nitrogens with zero attached hydrogens (tertiary/aromatic N) is 4. The van der Waals surface area contributed by atoms with Gasteiger partial charge in [-0.25, -0.2) is 8.78 Å². The zero-order chi connectivity index (χ0) is 23.5. The normalized spacial score (nSPS) is 13.9. The molecule has 33 heavy (non-hydrogen) atoms. The number of carbonyl (C=O) groups excluding carboxylic acids is 2. The van der Waals surface area contributed by atoms with E-state index in [4.69, 9.17) is 12.2 Å². The average Bonchev–Trinajstić information content (AvgIpc) is 3.18. The summed E-state index contributed by atoms with van der Waals surface area (Å²) >= 11 is 5.30. The van der Waals surface area contributed by atoms with Crippen LogP contribution >= 0.6 is 12.2 Å². The van der Waals surface area contributed by atoms with Crippen molar-refractivity contribution in [1.82, 2.24) is 19.7 Å². The van der Waals surface area contributed by atoms with Crippen molar-refractivity contribution in [2.75, 3.05) is 31.1 Å². The number of halogens is 2. The van der Waals surface area contributed by atoms with Gasteiger partial charge in [-0.2, -0.15) is 5.10 Å². The highest BCUT2D eigenvalue weighted by atomic mass is 32.1. The van der Waals surface area contributed by atoms with Crippen LogP contribution in [0.5, 0.6) is 0 Å². The minimum absolute atomic E-state index is 0.0322. The molecule has 0 bridgehead atoms. The van der Waals surface area contributed by atoms with E-state index in [1.165, 1.54) is 25.1 Å². The first-order valence-corrected chi connectivity index (χ1v) is 11.0. The summed E-state index contributed by atoms with van der Waals surface area (Å²) in [5.74, 6) is -0.456. The SMILES string of the molecule is CC(=O)c1ccc(N2CCN(C(=O)CCn3c(-c4ccc(F)cc4)n[nH]c3=S)CC2)c(F)c1. The van der Waals surface area contributed by atoms with Crippen LogP contribution in [0.3, 0.4) is 0 Å². The lowest BCUT2D eigenvalue weighted by Gasteiger charge is -2.36. The summed E-state index contributed by atoms with van der Waals surface area (Å²) in [6.45, 7) is 3.66. The van der Waals surface area contributed by atoms with Crippen molar-refractivity contribution in [2.24, 2.45) is 0 Å². The molecule has 10 heteroatoms. The van der Waals surface area contributed by atoms with Gasteiger partial charge in [-0.1, -0.05) is 0 Å². The van der Waals surface area contributed by atoms with Crippen LogP contribution in [0.15, 0.2) is 42.5 Å². The van der Waals surface area contributed by atoms with Gasteiger partial charge in [-0.05, 0) is 61.6 Å². The second kappa shape index (κ2) is 9.62. The van der Waals surface area contributed by atoms with Crippen LogP contribution < -0.4 is 4.90 Å². The van der Waals surface area contributed by atoms with Crippen molar-refractivity contribution in [3.05, 3.63) is 64.4 Å². The largest absolute Gasteiger partial charge is 0.366 e. The number of ketones is 1. The number of anilines is 1. The van der Waals surface area contributed by atoms with E-state index in [2.05, 4.69) is 10.2 Å². The lowest BCUT2D eigenvalue weighted by molar-refractivity contribution is -0.131. The Hall–Kier alpha value is -3.40. The molecule has 1 aliphatic rings. The molecule has 2 aromatic carbocycles. The molecule has 0 radical (unpaired) electrons. The summed E-state index contributed by atoms with van der Waals surface area (Å²) in [4.78, 5) is 27.9. The molecule has 1 N–H and O–H groups in total. The number of nitrogens with one attached hydrogen (secondary N) is 1. The van der Waals surface area contributed by atoms with Gasteiger partial charge in [0.15, 0.2) is 16.4 Å². The van der Waals surface area contributed by atoms with Crippen LogP contribution in [0, 0.1) is 16.4 Å². The molecule has 0 unspecified atom stereocenters.